The molecule has 2 rings (SSSR count). The maximum atomic E-state index is 3.59. The quantitative estimate of drug-likeness (QED) is 0.763. The summed E-state index contributed by atoms with van der Waals surface area (Å²) in [5.41, 5.74) is 0. The summed E-state index contributed by atoms with van der Waals surface area (Å²) in [7, 11) is 0. The molecule has 118 valence electrons. The Bertz CT molecular complexity index is 368. The van der Waals surface area contributed by atoms with Crippen LogP contribution in [-0.4, -0.2) is 31.1 Å². The Morgan fingerprint density at radius 2 is 1.85 bits per heavy atom. The largest absolute Gasteiger partial charge is 0.314 e. The smallest absolute Gasteiger partial charge is 0.0701 e. The Morgan fingerprint density at radius 1 is 1.20 bits per heavy atom. The third-order valence-corrected chi connectivity index (χ3v) is 5.26. The maximum Gasteiger partial charge on any atom is 0.0701 e. The molecule has 0 radical (unpaired) electrons. The Labute approximate surface area is 147 Å². The second kappa shape index (κ2) is 10.4. The molecule has 20 heavy (non-hydrogen) atoms. The number of piperazine rings is 1. The van der Waals surface area contributed by atoms with Crippen molar-refractivity contribution in [3.8, 4) is 0 Å². The van der Waals surface area contributed by atoms with E-state index in [9.17, 15) is 0 Å². The zero-order chi connectivity index (χ0) is 13.0. The van der Waals surface area contributed by atoms with Crippen molar-refractivity contribution in [1.82, 2.24) is 10.2 Å². The molecular formula is C14H25BrCl2N2S. The number of hydrogen-bond donors (Lipinski definition) is 1. The highest BCUT2D eigenvalue weighted by Gasteiger charge is 2.23. The Kier molecular flexibility index (Phi) is 10.8. The van der Waals surface area contributed by atoms with E-state index in [0.29, 0.717) is 6.04 Å². The highest BCUT2D eigenvalue weighted by atomic mass is 79.9. The van der Waals surface area contributed by atoms with Crippen molar-refractivity contribution in [2.45, 2.75) is 32.7 Å². The van der Waals surface area contributed by atoms with Crippen LogP contribution in [0.1, 0.15) is 37.6 Å². The Morgan fingerprint density at radius 3 is 2.35 bits per heavy atom. The molecule has 2 heterocycles. The van der Waals surface area contributed by atoms with Crippen molar-refractivity contribution in [2.24, 2.45) is 5.92 Å². The fraction of sp³-hybridized carbons (Fsp3) is 0.714. The van der Waals surface area contributed by atoms with E-state index < -0.39 is 0 Å². The van der Waals surface area contributed by atoms with Crippen molar-refractivity contribution in [3.05, 3.63) is 20.8 Å². The SMILES string of the molecule is CC(C)CC[C@H](c1ccc(Br)s1)N1CCNCC1.Cl.Cl. The van der Waals surface area contributed by atoms with Crippen LogP contribution >= 0.6 is 52.1 Å². The highest BCUT2D eigenvalue weighted by molar-refractivity contribution is 9.11. The van der Waals surface area contributed by atoms with E-state index in [1.165, 1.54) is 34.6 Å². The molecule has 6 heteroatoms. The normalized spacial score (nSPS) is 17.4. The van der Waals surface area contributed by atoms with Gasteiger partial charge in [-0.15, -0.1) is 36.2 Å². The van der Waals surface area contributed by atoms with Gasteiger partial charge in [-0.2, -0.15) is 0 Å². The molecule has 1 N–H and O–H groups in total. The molecule has 1 aromatic heterocycles. The molecule has 0 amide bonds. The number of hydrogen-bond acceptors (Lipinski definition) is 3. The van der Waals surface area contributed by atoms with E-state index in [4.69, 9.17) is 0 Å². The lowest BCUT2D eigenvalue weighted by Gasteiger charge is -2.34. The summed E-state index contributed by atoms with van der Waals surface area (Å²) in [6, 6.07) is 5.10. The molecule has 0 saturated carbocycles. The monoisotopic (exact) mass is 402 g/mol. The van der Waals surface area contributed by atoms with Gasteiger partial charge < -0.3 is 5.32 Å². The van der Waals surface area contributed by atoms with Gasteiger partial charge in [0.2, 0.25) is 0 Å². The minimum absolute atomic E-state index is 0. The van der Waals surface area contributed by atoms with Crippen LogP contribution in [0.4, 0.5) is 0 Å². The van der Waals surface area contributed by atoms with Crippen LogP contribution in [0.5, 0.6) is 0 Å². The average molecular weight is 404 g/mol. The number of rotatable bonds is 5. The van der Waals surface area contributed by atoms with Gasteiger partial charge in [-0.05, 0) is 46.8 Å². The van der Waals surface area contributed by atoms with Crippen molar-refractivity contribution in [2.75, 3.05) is 26.2 Å². The van der Waals surface area contributed by atoms with Crippen LogP contribution in [-0.2, 0) is 0 Å². The average Bonchev–Trinajstić information content (AvgIpc) is 2.77. The minimum Gasteiger partial charge on any atom is -0.314 e. The van der Waals surface area contributed by atoms with Crippen molar-refractivity contribution < 1.29 is 0 Å². The third kappa shape index (κ3) is 6.20. The van der Waals surface area contributed by atoms with Gasteiger partial charge >= 0.3 is 0 Å². The van der Waals surface area contributed by atoms with Crippen LogP contribution in [0, 0.1) is 5.92 Å². The summed E-state index contributed by atoms with van der Waals surface area (Å²) in [6.07, 6.45) is 2.59. The fourth-order valence-corrected chi connectivity index (χ4v) is 4.09. The van der Waals surface area contributed by atoms with E-state index in [0.717, 1.165) is 19.0 Å². The van der Waals surface area contributed by atoms with Crippen molar-refractivity contribution in [1.29, 1.82) is 0 Å². The molecule has 1 saturated heterocycles. The molecule has 0 unspecified atom stereocenters. The number of nitrogens with one attached hydrogen (secondary N) is 1. The lowest BCUT2D eigenvalue weighted by molar-refractivity contribution is 0.162. The summed E-state index contributed by atoms with van der Waals surface area (Å²) in [4.78, 5) is 4.17. The standard InChI is InChI=1S/C14H23BrN2S.2ClH/c1-11(2)3-4-12(13-5-6-14(15)18-13)17-9-7-16-8-10-17;;/h5-6,11-12,16H,3-4,7-10H2,1-2H3;2*1H/t12-;;/m1../s1. The van der Waals surface area contributed by atoms with Crippen LogP contribution in [0.15, 0.2) is 15.9 Å². The van der Waals surface area contributed by atoms with Gasteiger partial charge in [-0.25, -0.2) is 0 Å². The van der Waals surface area contributed by atoms with Gasteiger partial charge in [-0.1, -0.05) is 13.8 Å². The molecule has 1 aliphatic rings. The van der Waals surface area contributed by atoms with Gasteiger partial charge in [0.15, 0.2) is 0 Å². The Hall–Kier alpha value is 0.680. The topological polar surface area (TPSA) is 15.3 Å². The first-order valence-corrected chi connectivity index (χ1v) is 8.48. The minimum atomic E-state index is 0. The Balaban J connectivity index is 0.00000180. The molecule has 0 aromatic carbocycles. The highest BCUT2D eigenvalue weighted by Crippen LogP contribution is 2.34. The van der Waals surface area contributed by atoms with Gasteiger partial charge in [0.1, 0.15) is 0 Å². The molecule has 1 fully saturated rings. The first kappa shape index (κ1) is 20.7. The zero-order valence-corrected chi connectivity index (χ0v) is 16.1. The van der Waals surface area contributed by atoms with Gasteiger partial charge in [0.25, 0.3) is 0 Å². The second-order valence-electron chi connectivity index (χ2n) is 5.41. The van der Waals surface area contributed by atoms with E-state index in [1.807, 2.05) is 11.3 Å². The summed E-state index contributed by atoms with van der Waals surface area (Å²) < 4.78 is 1.25. The van der Waals surface area contributed by atoms with Crippen LogP contribution in [0.25, 0.3) is 0 Å². The van der Waals surface area contributed by atoms with E-state index >= 15 is 0 Å². The molecule has 0 spiro atoms. The van der Waals surface area contributed by atoms with Gasteiger partial charge in [0, 0.05) is 37.1 Å². The number of halogens is 3. The maximum absolute atomic E-state index is 3.59. The molecule has 1 aliphatic heterocycles. The fourth-order valence-electron chi connectivity index (χ4n) is 2.50. The van der Waals surface area contributed by atoms with Crippen LogP contribution in [0.2, 0.25) is 0 Å². The first-order chi connectivity index (χ1) is 8.66. The molecule has 1 aromatic rings. The summed E-state index contributed by atoms with van der Waals surface area (Å²) >= 11 is 5.49. The van der Waals surface area contributed by atoms with Crippen LogP contribution < -0.4 is 5.32 Å². The molecule has 0 aliphatic carbocycles. The molecular weight excluding hydrogens is 379 g/mol. The lowest BCUT2D eigenvalue weighted by atomic mass is 10.0. The summed E-state index contributed by atoms with van der Waals surface area (Å²) in [5, 5.41) is 3.44. The second-order valence-corrected chi connectivity index (χ2v) is 7.91. The molecule has 0 bridgehead atoms. The van der Waals surface area contributed by atoms with Crippen molar-refractivity contribution >= 4 is 52.1 Å². The number of thiophene rings is 1. The van der Waals surface area contributed by atoms with Crippen LogP contribution in [0.3, 0.4) is 0 Å². The van der Waals surface area contributed by atoms with E-state index in [2.05, 4.69) is 52.1 Å². The summed E-state index contributed by atoms with van der Waals surface area (Å²) in [5.74, 6) is 0.791. The van der Waals surface area contributed by atoms with Gasteiger partial charge in [-0.3, -0.25) is 4.90 Å². The third-order valence-electron chi connectivity index (χ3n) is 3.53. The summed E-state index contributed by atoms with van der Waals surface area (Å²) in [6.45, 7) is 9.25. The molecule has 1 atom stereocenters. The number of nitrogens with zero attached hydrogens (tertiary/aromatic N) is 1. The molecule has 2 nitrogen and oxygen atoms in total. The first-order valence-electron chi connectivity index (χ1n) is 6.87. The predicted molar refractivity (Wildman–Crippen MR) is 97.8 cm³/mol. The zero-order valence-electron chi connectivity index (χ0n) is 12.1. The van der Waals surface area contributed by atoms with Crippen molar-refractivity contribution in [3.63, 3.8) is 0 Å². The predicted octanol–water partition coefficient (Wildman–Crippen LogP) is 4.74. The van der Waals surface area contributed by atoms with E-state index in [1.54, 1.807) is 0 Å². The van der Waals surface area contributed by atoms with Gasteiger partial charge in [0.05, 0.1) is 3.79 Å². The lowest BCUT2D eigenvalue weighted by Crippen LogP contribution is -2.45. The van der Waals surface area contributed by atoms with E-state index in [-0.39, 0.29) is 24.8 Å².